The number of hydrogen-bond acceptors (Lipinski definition) is 3. The third-order valence-corrected chi connectivity index (χ3v) is 7.22. The molecule has 5 nitrogen and oxygen atoms in total. The topological polar surface area (TPSA) is 67.4 Å². The molecule has 2 N–H and O–H groups in total. The number of ether oxygens (including phenoxy) is 1. The van der Waals surface area contributed by atoms with Gasteiger partial charge >= 0.3 is 0 Å². The third kappa shape index (κ3) is 3.82. The normalized spacial score (nSPS) is 23.0. The number of nitrogens with one attached hydrogen (secondary N) is 2. The number of piperidine rings is 1. The molecule has 2 aliphatic rings. The van der Waals surface area contributed by atoms with Crippen LogP contribution in [0.4, 0.5) is 14.5 Å². The Bertz CT molecular complexity index is 1400. The van der Waals surface area contributed by atoms with Crippen molar-refractivity contribution in [1.82, 2.24) is 5.32 Å². The number of hydrogen-bond donors (Lipinski definition) is 2. The van der Waals surface area contributed by atoms with E-state index in [-0.39, 0.29) is 23.8 Å². The highest BCUT2D eigenvalue weighted by atomic mass is 35.5. The minimum absolute atomic E-state index is 0.0375. The van der Waals surface area contributed by atoms with Gasteiger partial charge in [0.1, 0.15) is 11.2 Å². The van der Waals surface area contributed by atoms with Gasteiger partial charge in [-0.05, 0) is 61.4 Å². The molecular weight excluding hydrogens is 509 g/mol. The number of carbonyl (C=O) groups excluding carboxylic acids is 2. The minimum Gasteiger partial charge on any atom is -0.491 e. The first kappa shape index (κ1) is 24.5. The molecule has 3 aromatic carbocycles. The van der Waals surface area contributed by atoms with Crippen LogP contribution in [0.25, 0.3) is 0 Å². The molecule has 2 heterocycles. The van der Waals surface area contributed by atoms with Gasteiger partial charge in [-0.15, -0.1) is 0 Å². The molecule has 9 heteroatoms. The predicted molar refractivity (Wildman–Crippen MR) is 134 cm³/mol. The maximum atomic E-state index is 15.6. The first-order valence-electron chi connectivity index (χ1n) is 11.4. The van der Waals surface area contributed by atoms with Crippen molar-refractivity contribution in [2.45, 2.75) is 43.7 Å². The SMILES string of the molecule is CC(C)Oc1ccc(F)c(F)c1[C@H]1NC(=O)C[C@H](c2cccc(Cl)c2)[C@@]12C(=O)Nc1cc(Cl)ccc12. The summed E-state index contributed by atoms with van der Waals surface area (Å²) in [5.74, 6) is -3.94. The van der Waals surface area contributed by atoms with Crippen LogP contribution in [0.2, 0.25) is 10.0 Å². The molecule has 5 rings (SSSR count). The molecular formula is C27H22Cl2F2N2O3. The van der Waals surface area contributed by atoms with Crippen molar-refractivity contribution in [1.29, 1.82) is 0 Å². The Hall–Kier alpha value is -3.16. The summed E-state index contributed by atoms with van der Waals surface area (Å²) in [5, 5.41) is 6.46. The van der Waals surface area contributed by atoms with Crippen LogP contribution in [0.15, 0.2) is 54.6 Å². The molecule has 0 aromatic heterocycles. The molecule has 1 spiro atoms. The molecule has 3 atom stereocenters. The highest BCUT2D eigenvalue weighted by Gasteiger charge is 2.62. The van der Waals surface area contributed by atoms with Gasteiger partial charge in [0.25, 0.3) is 0 Å². The highest BCUT2D eigenvalue weighted by Crippen LogP contribution is 2.59. The fraction of sp³-hybridized carbons (Fsp3) is 0.259. The molecule has 0 aliphatic carbocycles. The van der Waals surface area contributed by atoms with Crippen LogP contribution < -0.4 is 15.4 Å². The maximum Gasteiger partial charge on any atom is 0.238 e. The van der Waals surface area contributed by atoms with Gasteiger partial charge in [0.05, 0.1) is 17.7 Å². The first-order chi connectivity index (χ1) is 17.1. The zero-order valence-corrected chi connectivity index (χ0v) is 20.9. The van der Waals surface area contributed by atoms with E-state index in [1.807, 2.05) is 0 Å². The number of benzene rings is 3. The molecule has 0 bridgehead atoms. The summed E-state index contributed by atoms with van der Waals surface area (Å²) in [5.41, 5.74) is -0.234. The van der Waals surface area contributed by atoms with E-state index < -0.39 is 40.8 Å². The summed E-state index contributed by atoms with van der Waals surface area (Å²) in [4.78, 5) is 27.1. The molecule has 0 radical (unpaired) electrons. The number of carbonyl (C=O) groups is 2. The van der Waals surface area contributed by atoms with Gasteiger partial charge in [0.2, 0.25) is 11.8 Å². The Morgan fingerprint density at radius 3 is 2.50 bits per heavy atom. The van der Waals surface area contributed by atoms with E-state index in [1.165, 1.54) is 6.07 Å². The lowest BCUT2D eigenvalue weighted by atomic mass is 9.59. The zero-order valence-electron chi connectivity index (χ0n) is 19.4. The van der Waals surface area contributed by atoms with Gasteiger partial charge in [0.15, 0.2) is 11.6 Å². The summed E-state index contributed by atoms with van der Waals surface area (Å²) in [6, 6.07) is 12.7. The zero-order chi connectivity index (χ0) is 25.8. The lowest BCUT2D eigenvalue weighted by Gasteiger charge is -2.46. The second kappa shape index (κ2) is 9.05. The van der Waals surface area contributed by atoms with Crippen molar-refractivity contribution < 1.29 is 23.1 Å². The van der Waals surface area contributed by atoms with E-state index in [1.54, 1.807) is 56.3 Å². The molecule has 0 unspecified atom stereocenters. The summed E-state index contributed by atoms with van der Waals surface area (Å²) >= 11 is 12.5. The van der Waals surface area contributed by atoms with Gasteiger partial charge in [-0.2, -0.15) is 0 Å². The van der Waals surface area contributed by atoms with Gasteiger partial charge in [-0.25, -0.2) is 8.78 Å². The van der Waals surface area contributed by atoms with E-state index in [9.17, 15) is 14.0 Å². The summed E-state index contributed by atoms with van der Waals surface area (Å²) in [6.45, 7) is 3.49. The van der Waals surface area contributed by atoms with E-state index in [4.69, 9.17) is 27.9 Å². The van der Waals surface area contributed by atoms with Crippen molar-refractivity contribution in [3.05, 3.63) is 93.0 Å². The van der Waals surface area contributed by atoms with Crippen molar-refractivity contribution in [2.75, 3.05) is 5.32 Å². The van der Waals surface area contributed by atoms with Crippen molar-refractivity contribution in [3.8, 4) is 5.75 Å². The Kier molecular flexibility index (Phi) is 6.17. The van der Waals surface area contributed by atoms with Crippen molar-refractivity contribution in [2.24, 2.45) is 0 Å². The van der Waals surface area contributed by atoms with Crippen LogP contribution in [0.3, 0.4) is 0 Å². The van der Waals surface area contributed by atoms with Crippen molar-refractivity contribution >= 4 is 40.7 Å². The minimum atomic E-state index is -1.55. The van der Waals surface area contributed by atoms with Crippen LogP contribution in [0.5, 0.6) is 5.75 Å². The van der Waals surface area contributed by atoms with Crippen LogP contribution in [-0.2, 0) is 15.0 Å². The molecule has 0 saturated carbocycles. The van der Waals surface area contributed by atoms with Gasteiger partial charge in [-0.1, -0.05) is 41.4 Å². The van der Waals surface area contributed by atoms with Crippen LogP contribution in [-0.4, -0.2) is 17.9 Å². The van der Waals surface area contributed by atoms with E-state index in [0.717, 1.165) is 6.07 Å². The quantitative estimate of drug-likeness (QED) is 0.416. The lowest BCUT2D eigenvalue weighted by Crippen LogP contribution is -2.57. The third-order valence-electron chi connectivity index (χ3n) is 6.75. The molecule has 3 aromatic rings. The Labute approximate surface area is 216 Å². The number of halogens is 4. The fourth-order valence-corrected chi connectivity index (χ4v) is 5.79. The number of rotatable bonds is 4. The summed E-state index contributed by atoms with van der Waals surface area (Å²) in [7, 11) is 0. The molecule has 36 heavy (non-hydrogen) atoms. The second-order valence-corrected chi connectivity index (χ2v) is 10.1. The van der Waals surface area contributed by atoms with Crippen LogP contribution in [0.1, 0.15) is 48.9 Å². The Balaban J connectivity index is 1.85. The van der Waals surface area contributed by atoms with Crippen molar-refractivity contribution in [3.63, 3.8) is 0 Å². The average molecular weight is 531 g/mol. The predicted octanol–water partition coefficient (Wildman–Crippen LogP) is 6.29. The molecule has 1 fully saturated rings. The van der Waals surface area contributed by atoms with E-state index >= 15 is 4.39 Å². The highest BCUT2D eigenvalue weighted by molar-refractivity contribution is 6.31. The molecule has 186 valence electrons. The average Bonchev–Trinajstić information content (AvgIpc) is 3.09. The molecule has 2 amide bonds. The van der Waals surface area contributed by atoms with Crippen LogP contribution in [0, 0.1) is 11.6 Å². The molecule has 2 aliphatic heterocycles. The largest absolute Gasteiger partial charge is 0.491 e. The standard InChI is InChI=1S/C27H22Cl2F2N2O3/c1-13(2)36-21-9-8-19(30)24(31)23(21)25-27(17-7-6-16(29)11-20(17)32-26(27)35)18(12-22(34)33-25)14-4-3-5-15(28)10-14/h3-11,13,18,25H,12H2,1-2H3,(H,32,35)(H,33,34)/t18-,25-,27-/m1/s1. The smallest absolute Gasteiger partial charge is 0.238 e. The first-order valence-corrected chi connectivity index (χ1v) is 12.2. The Morgan fingerprint density at radius 2 is 1.78 bits per heavy atom. The summed E-state index contributed by atoms with van der Waals surface area (Å²) in [6.07, 6.45) is -0.458. The Morgan fingerprint density at radius 1 is 1.03 bits per heavy atom. The van der Waals surface area contributed by atoms with Gasteiger partial charge < -0.3 is 15.4 Å². The maximum absolute atomic E-state index is 15.6. The number of fused-ring (bicyclic) bond motifs is 2. The summed E-state index contributed by atoms with van der Waals surface area (Å²) < 4.78 is 36.1. The lowest BCUT2D eigenvalue weighted by molar-refractivity contribution is -0.131. The number of amides is 2. The van der Waals surface area contributed by atoms with Crippen LogP contribution >= 0.6 is 23.2 Å². The van der Waals surface area contributed by atoms with Gasteiger partial charge in [0, 0.05) is 28.1 Å². The number of anilines is 1. The second-order valence-electron chi connectivity index (χ2n) is 9.27. The van der Waals surface area contributed by atoms with E-state index in [2.05, 4.69) is 10.6 Å². The molecule has 1 saturated heterocycles. The monoisotopic (exact) mass is 530 g/mol. The fourth-order valence-electron chi connectivity index (χ4n) is 5.42. The van der Waals surface area contributed by atoms with Gasteiger partial charge in [-0.3, -0.25) is 9.59 Å². The van der Waals surface area contributed by atoms with E-state index in [0.29, 0.717) is 26.9 Å².